The number of benzene rings is 3. The molecule has 0 saturated heterocycles. The molecule has 1 fully saturated rings. The van der Waals surface area contributed by atoms with Crippen molar-refractivity contribution >= 4 is 69.6 Å². The van der Waals surface area contributed by atoms with Crippen molar-refractivity contribution < 1.29 is 14.0 Å². The fraction of sp³-hybridized carbons (Fsp3) is 0.120. The van der Waals surface area contributed by atoms with Gasteiger partial charge in [-0.15, -0.1) is 29.6 Å². The van der Waals surface area contributed by atoms with Gasteiger partial charge in [-0.1, -0.05) is 29.1 Å². The van der Waals surface area contributed by atoms with E-state index >= 15 is 0 Å². The Hall–Kier alpha value is -2.75. The summed E-state index contributed by atoms with van der Waals surface area (Å²) in [6, 6.07) is 14.7. The molecule has 0 aliphatic heterocycles. The molecule has 0 radical (unpaired) electrons. The highest BCUT2D eigenvalue weighted by molar-refractivity contribution is 6.53. The van der Waals surface area contributed by atoms with E-state index in [2.05, 4.69) is 16.6 Å². The molecule has 172 valence electrons. The van der Waals surface area contributed by atoms with Gasteiger partial charge in [0.25, 0.3) is 5.91 Å². The highest BCUT2D eigenvalue weighted by Crippen LogP contribution is 2.65. The normalized spacial score (nSPS) is 18.0. The average molecular weight is 536 g/mol. The average Bonchev–Trinajstić information content (AvgIpc) is 3.36. The first-order chi connectivity index (χ1) is 16.1. The molecule has 1 aliphatic rings. The molecule has 2 amide bonds. The van der Waals surface area contributed by atoms with Gasteiger partial charge in [0.05, 0.1) is 11.5 Å². The SMILES string of the molecule is C#Cc1ccc(NC(=O)C2C(c3cc(Cl)cc(Cl)c3)C2(Cl)Cl)cc1C(=O)Nc1ccc(F)cc1. The number of terminal acetylenes is 1. The van der Waals surface area contributed by atoms with Crippen LogP contribution in [0.4, 0.5) is 15.8 Å². The third-order valence-corrected chi connectivity index (χ3v) is 6.75. The van der Waals surface area contributed by atoms with E-state index in [0.29, 0.717) is 32.5 Å². The van der Waals surface area contributed by atoms with Gasteiger partial charge in [-0.3, -0.25) is 9.59 Å². The zero-order valence-corrected chi connectivity index (χ0v) is 20.2. The van der Waals surface area contributed by atoms with Crippen LogP contribution in [0.15, 0.2) is 60.7 Å². The van der Waals surface area contributed by atoms with E-state index in [1.807, 2.05) is 0 Å². The van der Waals surface area contributed by atoms with Gasteiger partial charge in [0.15, 0.2) is 0 Å². The Bertz CT molecular complexity index is 1320. The minimum absolute atomic E-state index is 0.154. The molecular weight excluding hydrogens is 521 g/mol. The number of carbonyl (C=O) groups excluding carboxylic acids is 2. The van der Waals surface area contributed by atoms with Gasteiger partial charge in [0, 0.05) is 32.9 Å². The van der Waals surface area contributed by atoms with Crippen LogP contribution < -0.4 is 10.6 Å². The zero-order valence-electron chi connectivity index (χ0n) is 17.2. The van der Waals surface area contributed by atoms with Gasteiger partial charge >= 0.3 is 0 Å². The van der Waals surface area contributed by atoms with E-state index in [9.17, 15) is 14.0 Å². The molecule has 4 nitrogen and oxygen atoms in total. The molecule has 9 heteroatoms. The summed E-state index contributed by atoms with van der Waals surface area (Å²) >= 11 is 25.0. The third-order valence-electron chi connectivity index (χ3n) is 5.37. The second kappa shape index (κ2) is 9.48. The standard InChI is InChI=1S/C25H15Cl4FN2O2/c1-2-13-3-6-19(12-20(13)23(33)31-18-7-4-17(30)5-8-18)32-24(34)22-21(25(22,28)29)14-9-15(26)11-16(27)10-14/h1,3-12,21-22H,(H,31,33)(H,32,34). The number of hydrogen-bond acceptors (Lipinski definition) is 2. The fourth-order valence-electron chi connectivity index (χ4n) is 3.71. The van der Waals surface area contributed by atoms with Crippen LogP contribution in [0.1, 0.15) is 27.4 Å². The summed E-state index contributed by atoms with van der Waals surface area (Å²) in [6.45, 7) is 0. The van der Waals surface area contributed by atoms with Gasteiger partial charge in [0.2, 0.25) is 5.91 Å². The second-order valence-corrected chi connectivity index (χ2v) is 10.0. The first kappa shape index (κ1) is 24.4. The lowest BCUT2D eigenvalue weighted by atomic mass is 10.1. The molecule has 2 atom stereocenters. The predicted molar refractivity (Wildman–Crippen MR) is 134 cm³/mol. The number of hydrogen-bond donors (Lipinski definition) is 2. The van der Waals surface area contributed by atoms with Crippen LogP contribution in [0, 0.1) is 24.1 Å². The number of halogens is 5. The van der Waals surface area contributed by atoms with Crippen LogP contribution in [0.2, 0.25) is 10.0 Å². The van der Waals surface area contributed by atoms with Crippen molar-refractivity contribution in [2.24, 2.45) is 5.92 Å². The lowest BCUT2D eigenvalue weighted by Crippen LogP contribution is -2.18. The number of carbonyl (C=O) groups is 2. The van der Waals surface area contributed by atoms with E-state index in [-0.39, 0.29) is 5.56 Å². The molecule has 4 rings (SSSR count). The maximum atomic E-state index is 13.1. The number of anilines is 2. The summed E-state index contributed by atoms with van der Waals surface area (Å²) in [5, 5.41) is 6.19. The van der Waals surface area contributed by atoms with Crippen molar-refractivity contribution in [3.63, 3.8) is 0 Å². The molecule has 1 saturated carbocycles. The van der Waals surface area contributed by atoms with E-state index in [1.54, 1.807) is 24.3 Å². The molecule has 2 unspecified atom stereocenters. The second-order valence-electron chi connectivity index (χ2n) is 7.69. The number of nitrogens with one attached hydrogen (secondary N) is 2. The minimum atomic E-state index is -1.35. The summed E-state index contributed by atoms with van der Waals surface area (Å²) in [4.78, 5) is 25.8. The number of alkyl halides is 2. The number of amides is 2. The van der Waals surface area contributed by atoms with Crippen molar-refractivity contribution in [2.75, 3.05) is 10.6 Å². The van der Waals surface area contributed by atoms with Gasteiger partial charge in [-0.05, 0) is 66.2 Å². The quantitative estimate of drug-likeness (QED) is 0.276. The molecular formula is C25H15Cl4FN2O2. The monoisotopic (exact) mass is 534 g/mol. The Morgan fingerprint density at radius 1 is 0.912 bits per heavy atom. The van der Waals surface area contributed by atoms with E-state index in [4.69, 9.17) is 52.8 Å². The maximum absolute atomic E-state index is 13.1. The van der Waals surface area contributed by atoms with E-state index in [1.165, 1.54) is 36.4 Å². The predicted octanol–water partition coefficient (Wildman–Crippen LogP) is 6.89. The summed E-state index contributed by atoms with van der Waals surface area (Å²) in [7, 11) is 0. The summed E-state index contributed by atoms with van der Waals surface area (Å²) in [5.41, 5.74) is 1.83. The van der Waals surface area contributed by atoms with Crippen molar-refractivity contribution in [1.82, 2.24) is 0 Å². The van der Waals surface area contributed by atoms with E-state index in [0.717, 1.165) is 0 Å². The first-order valence-electron chi connectivity index (χ1n) is 9.92. The largest absolute Gasteiger partial charge is 0.326 e. The van der Waals surface area contributed by atoms with Crippen LogP contribution >= 0.6 is 46.4 Å². The van der Waals surface area contributed by atoms with Crippen LogP contribution in [0.3, 0.4) is 0 Å². The first-order valence-corrected chi connectivity index (χ1v) is 11.4. The summed E-state index contributed by atoms with van der Waals surface area (Å²) < 4.78 is 11.8. The summed E-state index contributed by atoms with van der Waals surface area (Å²) in [5.74, 6) is -0.233. The molecule has 0 heterocycles. The smallest absolute Gasteiger partial charge is 0.257 e. The van der Waals surface area contributed by atoms with Crippen molar-refractivity contribution in [1.29, 1.82) is 0 Å². The number of rotatable bonds is 5. The molecule has 0 aromatic heterocycles. The van der Waals surface area contributed by atoms with Crippen LogP contribution in [0.25, 0.3) is 0 Å². The summed E-state index contributed by atoms with van der Waals surface area (Å²) in [6.07, 6.45) is 5.53. The van der Waals surface area contributed by atoms with Crippen molar-refractivity contribution in [2.45, 2.75) is 10.3 Å². The Balaban J connectivity index is 1.54. The van der Waals surface area contributed by atoms with Crippen molar-refractivity contribution in [3.8, 4) is 12.3 Å². The lowest BCUT2D eigenvalue weighted by molar-refractivity contribution is -0.117. The van der Waals surface area contributed by atoms with Crippen LogP contribution in [0.5, 0.6) is 0 Å². The highest BCUT2D eigenvalue weighted by atomic mass is 35.5. The Morgan fingerprint density at radius 3 is 2.15 bits per heavy atom. The van der Waals surface area contributed by atoms with Gasteiger partial charge in [-0.2, -0.15) is 0 Å². The molecule has 3 aromatic rings. The maximum Gasteiger partial charge on any atom is 0.257 e. The highest BCUT2D eigenvalue weighted by Gasteiger charge is 2.67. The lowest BCUT2D eigenvalue weighted by Gasteiger charge is -2.11. The molecule has 3 aromatic carbocycles. The Kier molecular flexibility index (Phi) is 6.80. The molecule has 34 heavy (non-hydrogen) atoms. The topological polar surface area (TPSA) is 58.2 Å². The molecule has 0 spiro atoms. The van der Waals surface area contributed by atoms with E-state index < -0.39 is 33.8 Å². The Morgan fingerprint density at radius 2 is 1.53 bits per heavy atom. The van der Waals surface area contributed by atoms with Crippen LogP contribution in [-0.4, -0.2) is 16.1 Å². The molecule has 2 N–H and O–H groups in total. The zero-order chi connectivity index (χ0) is 24.6. The van der Waals surface area contributed by atoms with Crippen molar-refractivity contribution in [3.05, 3.63) is 93.2 Å². The third kappa shape index (κ3) is 5.01. The molecule has 1 aliphatic carbocycles. The van der Waals surface area contributed by atoms with Gasteiger partial charge < -0.3 is 10.6 Å². The minimum Gasteiger partial charge on any atom is -0.326 e. The van der Waals surface area contributed by atoms with Crippen LogP contribution in [-0.2, 0) is 4.79 Å². The van der Waals surface area contributed by atoms with Gasteiger partial charge in [-0.25, -0.2) is 4.39 Å². The Labute approximate surface area is 215 Å². The molecule has 0 bridgehead atoms. The van der Waals surface area contributed by atoms with Gasteiger partial charge in [0.1, 0.15) is 10.2 Å². The fourth-order valence-corrected chi connectivity index (χ4v) is 5.08.